The monoisotopic (exact) mass is 354 g/mol. The first kappa shape index (κ1) is 18.4. The Kier molecular flexibility index (Phi) is 6.23. The highest BCUT2D eigenvalue weighted by Gasteiger charge is 2.12. The minimum absolute atomic E-state index is 0.0740. The summed E-state index contributed by atoms with van der Waals surface area (Å²) < 4.78 is 5.09. The number of non-ortho nitro benzene ring substituents is 1. The van der Waals surface area contributed by atoms with Crippen LogP contribution < -0.4 is 15.4 Å². The molecule has 0 saturated heterocycles. The molecule has 0 aromatic heterocycles. The number of amides is 2. The molecule has 2 aromatic rings. The van der Waals surface area contributed by atoms with Gasteiger partial charge in [-0.1, -0.05) is 6.07 Å². The molecule has 0 aliphatic carbocycles. The van der Waals surface area contributed by atoms with Crippen molar-refractivity contribution in [3.63, 3.8) is 0 Å². The van der Waals surface area contributed by atoms with Crippen molar-refractivity contribution < 1.29 is 19.2 Å². The van der Waals surface area contributed by atoms with Crippen LogP contribution in [0.4, 0.5) is 11.4 Å². The number of ether oxygens (including phenoxy) is 1. The van der Waals surface area contributed by atoms with E-state index in [2.05, 4.69) is 10.6 Å². The van der Waals surface area contributed by atoms with Crippen LogP contribution in [-0.2, 0) is 4.79 Å². The van der Waals surface area contributed by atoms with Gasteiger partial charge in [0.15, 0.2) is 6.61 Å². The number of carbonyl (C=O) groups is 2. The number of nitriles is 1. The predicted molar refractivity (Wildman–Crippen MR) is 91.6 cm³/mol. The second-order valence-corrected chi connectivity index (χ2v) is 5.01. The van der Waals surface area contributed by atoms with E-state index in [0.717, 1.165) is 6.07 Å². The highest BCUT2D eigenvalue weighted by molar-refractivity contribution is 5.99. The van der Waals surface area contributed by atoms with Gasteiger partial charge in [0.05, 0.1) is 11.5 Å². The lowest BCUT2D eigenvalue weighted by molar-refractivity contribution is -0.384. The molecule has 2 aromatic carbocycles. The Hall–Kier alpha value is -3.93. The SMILES string of the molecule is N#CCOc1ccc(NC(=O)CNC(=O)c2cccc([N+](=O)[O-])c2)cc1. The van der Waals surface area contributed by atoms with E-state index in [1.54, 1.807) is 24.3 Å². The Morgan fingerprint density at radius 2 is 1.92 bits per heavy atom. The van der Waals surface area contributed by atoms with Crippen LogP contribution >= 0.6 is 0 Å². The van der Waals surface area contributed by atoms with Gasteiger partial charge in [0.1, 0.15) is 11.8 Å². The molecule has 0 atom stereocenters. The van der Waals surface area contributed by atoms with Crippen molar-refractivity contribution in [2.75, 3.05) is 18.5 Å². The van der Waals surface area contributed by atoms with E-state index in [1.807, 2.05) is 6.07 Å². The summed E-state index contributed by atoms with van der Waals surface area (Å²) >= 11 is 0. The Morgan fingerprint density at radius 1 is 1.19 bits per heavy atom. The summed E-state index contributed by atoms with van der Waals surface area (Å²) in [6.07, 6.45) is 0. The topological polar surface area (TPSA) is 134 Å². The molecule has 2 N–H and O–H groups in total. The van der Waals surface area contributed by atoms with Gasteiger partial charge in [0.2, 0.25) is 5.91 Å². The van der Waals surface area contributed by atoms with Crippen molar-refractivity contribution in [3.05, 3.63) is 64.2 Å². The van der Waals surface area contributed by atoms with Crippen LogP contribution in [0.3, 0.4) is 0 Å². The zero-order valence-corrected chi connectivity index (χ0v) is 13.5. The van der Waals surface area contributed by atoms with Gasteiger partial charge in [-0.05, 0) is 30.3 Å². The van der Waals surface area contributed by atoms with Crippen LogP contribution in [0, 0.1) is 21.4 Å². The van der Waals surface area contributed by atoms with Gasteiger partial charge >= 0.3 is 0 Å². The zero-order chi connectivity index (χ0) is 18.9. The molecule has 0 radical (unpaired) electrons. The van der Waals surface area contributed by atoms with Crippen LogP contribution in [0.15, 0.2) is 48.5 Å². The molecule has 26 heavy (non-hydrogen) atoms. The molecule has 9 heteroatoms. The molecular weight excluding hydrogens is 340 g/mol. The summed E-state index contributed by atoms with van der Waals surface area (Å²) in [7, 11) is 0. The summed E-state index contributed by atoms with van der Waals surface area (Å²) in [6.45, 7) is -0.371. The molecule has 2 rings (SSSR count). The molecule has 0 saturated carbocycles. The Balaban J connectivity index is 1.86. The number of nitro benzene ring substituents is 1. The van der Waals surface area contributed by atoms with Gasteiger partial charge in [-0.3, -0.25) is 19.7 Å². The number of hydrogen-bond acceptors (Lipinski definition) is 6. The minimum atomic E-state index is -0.604. The van der Waals surface area contributed by atoms with Gasteiger partial charge in [0, 0.05) is 23.4 Å². The largest absolute Gasteiger partial charge is 0.479 e. The third-order valence-electron chi connectivity index (χ3n) is 3.17. The van der Waals surface area contributed by atoms with Crippen molar-refractivity contribution in [2.24, 2.45) is 0 Å². The van der Waals surface area contributed by atoms with Crippen LogP contribution in [0.25, 0.3) is 0 Å². The minimum Gasteiger partial charge on any atom is -0.479 e. The second kappa shape index (κ2) is 8.79. The van der Waals surface area contributed by atoms with Crippen molar-refractivity contribution >= 4 is 23.2 Å². The van der Waals surface area contributed by atoms with Gasteiger partial charge in [0.25, 0.3) is 11.6 Å². The Bertz CT molecular complexity index is 858. The van der Waals surface area contributed by atoms with Crippen LogP contribution in [-0.4, -0.2) is 29.9 Å². The Labute approximate surface area is 148 Å². The van der Waals surface area contributed by atoms with Crippen molar-refractivity contribution in [1.29, 1.82) is 5.26 Å². The van der Waals surface area contributed by atoms with Crippen LogP contribution in [0.2, 0.25) is 0 Å². The summed E-state index contributed by atoms with van der Waals surface area (Å²) in [5.74, 6) is -0.568. The first-order valence-corrected chi connectivity index (χ1v) is 7.42. The van der Waals surface area contributed by atoms with E-state index in [9.17, 15) is 19.7 Å². The first-order chi connectivity index (χ1) is 12.5. The average molecular weight is 354 g/mol. The highest BCUT2D eigenvalue weighted by atomic mass is 16.6. The van der Waals surface area contributed by atoms with Gasteiger partial charge in [-0.15, -0.1) is 0 Å². The first-order valence-electron chi connectivity index (χ1n) is 7.42. The second-order valence-electron chi connectivity index (χ2n) is 5.01. The van der Waals surface area contributed by atoms with Crippen LogP contribution in [0.5, 0.6) is 5.75 Å². The number of carbonyl (C=O) groups excluding carboxylic acids is 2. The normalized spacial score (nSPS) is 9.65. The summed E-state index contributed by atoms with van der Waals surface area (Å²) in [6, 6.07) is 13.4. The molecule has 0 aliphatic rings. The zero-order valence-electron chi connectivity index (χ0n) is 13.5. The number of nitrogens with one attached hydrogen (secondary N) is 2. The number of nitrogens with zero attached hydrogens (tertiary/aromatic N) is 2. The molecule has 9 nitrogen and oxygen atoms in total. The fourth-order valence-electron chi connectivity index (χ4n) is 1.98. The third kappa shape index (κ3) is 5.31. The molecule has 132 valence electrons. The van der Waals surface area contributed by atoms with Crippen molar-refractivity contribution in [3.8, 4) is 11.8 Å². The van der Waals surface area contributed by atoms with E-state index in [-0.39, 0.29) is 24.4 Å². The molecule has 2 amide bonds. The van der Waals surface area contributed by atoms with E-state index in [0.29, 0.717) is 11.4 Å². The van der Waals surface area contributed by atoms with Gasteiger partial charge in [-0.25, -0.2) is 0 Å². The number of benzene rings is 2. The summed E-state index contributed by atoms with van der Waals surface area (Å²) in [5, 5.41) is 24.1. The molecule has 0 aliphatic heterocycles. The standard InChI is InChI=1S/C17H14N4O5/c18-8-9-26-15-6-4-13(5-7-15)20-16(22)11-19-17(23)12-2-1-3-14(10-12)21(24)25/h1-7,10H,9,11H2,(H,19,23)(H,20,22). The summed E-state index contributed by atoms with van der Waals surface area (Å²) in [5.41, 5.74) is 0.371. The lowest BCUT2D eigenvalue weighted by atomic mass is 10.2. The maximum Gasteiger partial charge on any atom is 0.270 e. The fourth-order valence-corrected chi connectivity index (χ4v) is 1.98. The molecular formula is C17H14N4O5. The predicted octanol–water partition coefficient (Wildman–Crippen LogP) is 1.87. The number of hydrogen-bond donors (Lipinski definition) is 2. The van der Waals surface area contributed by atoms with E-state index in [4.69, 9.17) is 10.00 Å². The molecule has 0 spiro atoms. The maximum absolute atomic E-state index is 12.0. The van der Waals surface area contributed by atoms with Crippen molar-refractivity contribution in [2.45, 2.75) is 0 Å². The van der Waals surface area contributed by atoms with Crippen LogP contribution in [0.1, 0.15) is 10.4 Å². The molecule has 0 bridgehead atoms. The quantitative estimate of drug-likeness (QED) is 0.576. The number of nitro groups is 1. The van der Waals surface area contributed by atoms with E-state index >= 15 is 0 Å². The molecule has 0 unspecified atom stereocenters. The molecule has 0 fully saturated rings. The van der Waals surface area contributed by atoms with Gasteiger partial charge < -0.3 is 15.4 Å². The van der Waals surface area contributed by atoms with E-state index < -0.39 is 16.7 Å². The fraction of sp³-hybridized carbons (Fsp3) is 0.118. The Morgan fingerprint density at radius 3 is 2.58 bits per heavy atom. The summed E-state index contributed by atoms with van der Waals surface area (Å²) in [4.78, 5) is 33.9. The smallest absolute Gasteiger partial charge is 0.270 e. The lowest BCUT2D eigenvalue weighted by Crippen LogP contribution is -2.32. The van der Waals surface area contributed by atoms with Crippen molar-refractivity contribution in [1.82, 2.24) is 5.32 Å². The third-order valence-corrected chi connectivity index (χ3v) is 3.17. The number of rotatable bonds is 7. The maximum atomic E-state index is 12.0. The molecule has 0 heterocycles. The van der Waals surface area contributed by atoms with Gasteiger partial charge in [-0.2, -0.15) is 5.26 Å². The number of anilines is 1. The highest BCUT2D eigenvalue weighted by Crippen LogP contribution is 2.15. The average Bonchev–Trinajstić information content (AvgIpc) is 2.65. The lowest BCUT2D eigenvalue weighted by Gasteiger charge is -2.08. The van der Waals surface area contributed by atoms with E-state index in [1.165, 1.54) is 18.2 Å².